The van der Waals surface area contributed by atoms with Crippen molar-refractivity contribution in [2.75, 3.05) is 19.6 Å². The number of likely N-dealkylation sites (N-methyl/N-ethyl adjacent to an activating group) is 1. The van der Waals surface area contributed by atoms with Crippen LogP contribution in [0.4, 0.5) is 0 Å². The van der Waals surface area contributed by atoms with E-state index >= 15 is 0 Å². The Labute approximate surface area is 127 Å². The summed E-state index contributed by atoms with van der Waals surface area (Å²) in [6.07, 6.45) is 6.88. The molecule has 0 saturated heterocycles. The highest BCUT2D eigenvalue weighted by Crippen LogP contribution is 2.40. The molecule has 1 N–H and O–H groups in total. The van der Waals surface area contributed by atoms with Crippen molar-refractivity contribution in [3.8, 4) is 0 Å². The number of hydrogen-bond donors (Lipinski definition) is 1. The zero-order chi connectivity index (χ0) is 15.2. The highest BCUT2D eigenvalue weighted by atomic mass is 15.1. The van der Waals surface area contributed by atoms with Crippen LogP contribution in [-0.4, -0.2) is 36.6 Å². The van der Waals surface area contributed by atoms with Crippen molar-refractivity contribution >= 4 is 0 Å². The van der Waals surface area contributed by atoms with Gasteiger partial charge < -0.3 is 10.2 Å². The molecule has 120 valence electrons. The number of rotatable bonds is 8. The van der Waals surface area contributed by atoms with E-state index in [2.05, 4.69) is 51.8 Å². The van der Waals surface area contributed by atoms with Crippen LogP contribution in [-0.2, 0) is 0 Å². The first kappa shape index (κ1) is 18.0. The van der Waals surface area contributed by atoms with Gasteiger partial charge >= 0.3 is 0 Å². The highest BCUT2D eigenvalue weighted by molar-refractivity contribution is 4.86. The normalized spacial score (nSPS) is 25.9. The lowest BCUT2D eigenvalue weighted by molar-refractivity contribution is 0.132. The van der Waals surface area contributed by atoms with Crippen LogP contribution in [0.15, 0.2) is 0 Å². The van der Waals surface area contributed by atoms with Crippen LogP contribution in [0.5, 0.6) is 0 Å². The molecule has 1 aliphatic carbocycles. The van der Waals surface area contributed by atoms with E-state index in [-0.39, 0.29) is 0 Å². The van der Waals surface area contributed by atoms with Crippen molar-refractivity contribution in [3.05, 3.63) is 0 Å². The Bertz CT molecular complexity index is 250. The van der Waals surface area contributed by atoms with Crippen molar-refractivity contribution in [3.63, 3.8) is 0 Å². The van der Waals surface area contributed by atoms with E-state index in [1.54, 1.807) is 0 Å². The van der Waals surface area contributed by atoms with Crippen LogP contribution >= 0.6 is 0 Å². The standard InChI is InChI=1S/C18H38N2/c1-7-18(5,6)16-10-12-17(13-11-16)19-15(4)14-20(8-2)9-3/h15-17,19H,7-14H2,1-6H3. The molecule has 1 atom stereocenters. The third kappa shape index (κ3) is 5.37. The maximum Gasteiger partial charge on any atom is 0.0169 e. The Hall–Kier alpha value is -0.0800. The van der Waals surface area contributed by atoms with Gasteiger partial charge in [0.15, 0.2) is 0 Å². The van der Waals surface area contributed by atoms with Gasteiger partial charge in [-0.25, -0.2) is 0 Å². The number of nitrogens with zero attached hydrogens (tertiary/aromatic N) is 1. The van der Waals surface area contributed by atoms with E-state index in [1.165, 1.54) is 51.7 Å². The predicted octanol–water partition coefficient (Wildman–Crippen LogP) is 4.30. The van der Waals surface area contributed by atoms with Crippen LogP contribution in [0.1, 0.15) is 73.6 Å². The van der Waals surface area contributed by atoms with E-state index in [9.17, 15) is 0 Å². The lowest BCUT2D eigenvalue weighted by Gasteiger charge is -2.40. The van der Waals surface area contributed by atoms with Crippen molar-refractivity contribution in [1.82, 2.24) is 10.2 Å². The van der Waals surface area contributed by atoms with Gasteiger partial charge in [-0.3, -0.25) is 0 Å². The molecule has 1 fully saturated rings. The lowest BCUT2D eigenvalue weighted by Crippen LogP contribution is -2.45. The van der Waals surface area contributed by atoms with Crippen LogP contribution in [0, 0.1) is 11.3 Å². The molecule has 0 aromatic heterocycles. The molecule has 2 nitrogen and oxygen atoms in total. The largest absolute Gasteiger partial charge is 0.310 e. The molecule has 1 unspecified atom stereocenters. The van der Waals surface area contributed by atoms with Gasteiger partial charge in [-0.05, 0) is 57.0 Å². The summed E-state index contributed by atoms with van der Waals surface area (Å²) in [6, 6.07) is 1.38. The van der Waals surface area contributed by atoms with Gasteiger partial charge in [0.2, 0.25) is 0 Å². The predicted molar refractivity (Wildman–Crippen MR) is 90.2 cm³/mol. The molecular formula is C18H38N2. The maximum absolute atomic E-state index is 3.87. The average molecular weight is 283 g/mol. The lowest BCUT2D eigenvalue weighted by atomic mass is 9.69. The molecule has 0 aliphatic heterocycles. The fraction of sp³-hybridized carbons (Fsp3) is 1.00. The first-order chi connectivity index (χ1) is 9.42. The van der Waals surface area contributed by atoms with Crippen LogP contribution < -0.4 is 5.32 Å². The van der Waals surface area contributed by atoms with Crippen molar-refractivity contribution < 1.29 is 0 Å². The first-order valence-electron chi connectivity index (χ1n) is 8.91. The topological polar surface area (TPSA) is 15.3 Å². The van der Waals surface area contributed by atoms with Crippen LogP contribution in [0.2, 0.25) is 0 Å². The zero-order valence-corrected chi connectivity index (χ0v) is 14.8. The van der Waals surface area contributed by atoms with Gasteiger partial charge in [-0.1, -0.05) is 41.0 Å². The Balaban J connectivity index is 2.32. The molecular weight excluding hydrogens is 244 g/mol. The van der Waals surface area contributed by atoms with Crippen LogP contribution in [0.25, 0.3) is 0 Å². The van der Waals surface area contributed by atoms with Crippen molar-refractivity contribution in [1.29, 1.82) is 0 Å². The SMILES string of the molecule is CCN(CC)CC(C)NC1CCC(C(C)(C)CC)CC1. The Morgan fingerprint density at radius 3 is 2.05 bits per heavy atom. The van der Waals surface area contributed by atoms with Gasteiger partial charge in [0.05, 0.1) is 0 Å². The van der Waals surface area contributed by atoms with Gasteiger partial charge in [0.25, 0.3) is 0 Å². The van der Waals surface area contributed by atoms with Crippen molar-refractivity contribution in [2.24, 2.45) is 11.3 Å². The molecule has 0 heterocycles. The summed E-state index contributed by atoms with van der Waals surface area (Å²) < 4.78 is 0. The third-order valence-electron chi connectivity index (χ3n) is 5.69. The minimum absolute atomic E-state index is 0.539. The van der Waals surface area contributed by atoms with Crippen molar-refractivity contribution in [2.45, 2.75) is 85.7 Å². The van der Waals surface area contributed by atoms with Gasteiger partial charge in [0.1, 0.15) is 0 Å². The average Bonchev–Trinajstić information content (AvgIpc) is 2.45. The van der Waals surface area contributed by atoms with E-state index < -0.39 is 0 Å². The molecule has 0 bridgehead atoms. The minimum atomic E-state index is 0.539. The van der Waals surface area contributed by atoms with Gasteiger partial charge in [-0.15, -0.1) is 0 Å². The Kier molecular flexibility index (Phi) is 7.53. The summed E-state index contributed by atoms with van der Waals surface area (Å²) in [5, 5.41) is 3.87. The molecule has 0 aromatic carbocycles. The van der Waals surface area contributed by atoms with Gasteiger partial charge in [0, 0.05) is 18.6 Å². The maximum atomic E-state index is 3.87. The van der Waals surface area contributed by atoms with E-state index in [0.29, 0.717) is 11.5 Å². The zero-order valence-electron chi connectivity index (χ0n) is 14.8. The summed E-state index contributed by atoms with van der Waals surface area (Å²) in [4.78, 5) is 2.52. The smallest absolute Gasteiger partial charge is 0.0169 e. The Morgan fingerprint density at radius 2 is 1.60 bits per heavy atom. The van der Waals surface area contributed by atoms with Crippen LogP contribution in [0.3, 0.4) is 0 Å². The Morgan fingerprint density at radius 1 is 1.05 bits per heavy atom. The number of nitrogens with one attached hydrogen (secondary N) is 1. The molecule has 0 aromatic rings. The fourth-order valence-corrected chi connectivity index (χ4v) is 3.65. The third-order valence-corrected chi connectivity index (χ3v) is 5.69. The first-order valence-corrected chi connectivity index (χ1v) is 8.91. The summed E-state index contributed by atoms with van der Waals surface area (Å²) in [7, 11) is 0. The molecule has 1 aliphatic rings. The van der Waals surface area contributed by atoms with E-state index in [1.807, 2.05) is 0 Å². The summed E-state index contributed by atoms with van der Waals surface area (Å²) in [5.74, 6) is 0.934. The second-order valence-electron chi connectivity index (χ2n) is 7.44. The van der Waals surface area contributed by atoms with E-state index in [4.69, 9.17) is 0 Å². The molecule has 1 saturated carbocycles. The molecule has 1 rings (SSSR count). The summed E-state index contributed by atoms with van der Waals surface area (Å²) in [5.41, 5.74) is 0.539. The van der Waals surface area contributed by atoms with E-state index in [0.717, 1.165) is 12.0 Å². The number of hydrogen-bond acceptors (Lipinski definition) is 2. The summed E-state index contributed by atoms with van der Waals surface area (Å²) in [6.45, 7) is 17.6. The minimum Gasteiger partial charge on any atom is -0.310 e. The molecule has 0 radical (unpaired) electrons. The highest BCUT2D eigenvalue weighted by Gasteiger charge is 2.31. The second kappa shape index (κ2) is 8.38. The second-order valence-corrected chi connectivity index (χ2v) is 7.44. The monoisotopic (exact) mass is 282 g/mol. The fourth-order valence-electron chi connectivity index (χ4n) is 3.65. The molecule has 0 spiro atoms. The summed E-state index contributed by atoms with van der Waals surface area (Å²) >= 11 is 0. The molecule has 2 heteroatoms. The quantitative estimate of drug-likeness (QED) is 0.714. The van der Waals surface area contributed by atoms with Gasteiger partial charge in [-0.2, -0.15) is 0 Å². The molecule has 0 amide bonds. The molecule has 20 heavy (non-hydrogen) atoms.